The van der Waals surface area contributed by atoms with E-state index < -0.39 is 5.60 Å². The van der Waals surface area contributed by atoms with Gasteiger partial charge in [0.15, 0.2) is 0 Å². The number of halogens is 1. The summed E-state index contributed by atoms with van der Waals surface area (Å²) in [6.07, 6.45) is 0.120. The zero-order valence-corrected chi connectivity index (χ0v) is 12.0. The molecule has 0 heterocycles. The quantitative estimate of drug-likeness (QED) is 0.794. The van der Waals surface area contributed by atoms with E-state index in [0.717, 1.165) is 0 Å². The number of carbonyl (C=O) groups is 1. The van der Waals surface area contributed by atoms with E-state index in [1.807, 2.05) is 6.07 Å². The second-order valence-corrected chi connectivity index (χ2v) is 5.37. The lowest BCUT2D eigenvalue weighted by atomic mass is 10.2. The molecule has 0 aromatic heterocycles. The van der Waals surface area contributed by atoms with Gasteiger partial charge in [0, 0.05) is 11.1 Å². The van der Waals surface area contributed by atoms with Gasteiger partial charge in [-0.25, -0.2) is 0 Å². The molecule has 0 saturated heterocycles. The summed E-state index contributed by atoms with van der Waals surface area (Å²) in [7, 11) is 0. The highest BCUT2D eigenvalue weighted by Crippen LogP contribution is 2.22. The van der Waals surface area contributed by atoms with Crippen molar-refractivity contribution in [3.63, 3.8) is 0 Å². The van der Waals surface area contributed by atoms with E-state index in [1.165, 1.54) is 0 Å². The molecule has 0 aliphatic heterocycles. The van der Waals surface area contributed by atoms with Gasteiger partial charge in [-0.2, -0.15) is 5.26 Å². The van der Waals surface area contributed by atoms with Crippen LogP contribution in [0.2, 0.25) is 5.02 Å². The molecule has 1 rings (SSSR count). The fraction of sp³-hybridized carbons (Fsp3) is 0.429. The maximum Gasteiger partial charge on any atom is 0.309 e. The summed E-state index contributed by atoms with van der Waals surface area (Å²) >= 11 is 5.82. The summed E-state index contributed by atoms with van der Waals surface area (Å²) in [6, 6.07) is 6.74. The number of benzene rings is 1. The van der Waals surface area contributed by atoms with Crippen molar-refractivity contribution in [3.8, 4) is 11.8 Å². The average Bonchev–Trinajstić information content (AvgIpc) is 2.27. The lowest BCUT2D eigenvalue weighted by molar-refractivity contribution is -0.155. The van der Waals surface area contributed by atoms with Crippen LogP contribution in [0.25, 0.3) is 0 Å². The van der Waals surface area contributed by atoms with Crippen LogP contribution < -0.4 is 4.74 Å². The zero-order chi connectivity index (χ0) is 14.5. The Bertz CT molecular complexity index is 500. The molecule has 0 bridgehead atoms. The van der Waals surface area contributed by atoms with Crippen LogP contribution in [0.3, 0.4) is 0 Å². The Morgan fingerprint density at radius 3 is 2.68 bits per heavy atom. The van der Waals surface area contributed by atoms with E-state index in [9.17, 15) is 4.79 Å². The van der Waals surface area contributed by atoms with Gasteiger partial charge in [-0.15, -0.1) is 0 Å². The number of nitrogens with zero attached hydrogens (tertiary/aromatic N) is 1. The fourth-order valence-corrected chi connectivity index (χ4v) is 1.51. The van der Waals surface area contributed by atoms with Gasteiger partial charge in [-0.05, 0) is 32.9 Å². The molecule has 0 saturated carbocycles. The van der Waals surface area contributed by atoms with Gasteiger partial charge >= 0.3 is 5.97 Å². The Hall–Kier alpha value is -1.73. The summed E-state index contributed by atoms with van der Waals surface area (Å²) in [5.41, 5.74) is -0.126. The lowest BCUT2D eigenvalue weighted by Crippen LogP contribution is -2.24. The molecule has 4 nitrogen and oxygen atoms in total. The second kappa shape index (κ2) is 6.44. The van der Waals surface area contributed by atoms with Crippen molar-refractivity contribution in [3.05, 3.63) is 28.8 Å². The minimum Gasteiger partial charge on any atom is -0.492 e. The largest absolute Gasteiger partial charge is 0.492 e. The van der Waals surface area contributed by atoms with Crippen LogP contribution in [0.5, 0.6) is 5.75 Å². The fourth-order valence-electron chi connectivity index (χ4n) is 1.34. The number of carbonyl (C=O) groups excluding carboxylic acids is 1. The van der Waals surface area contributed by atoms with Crippen LogP contribution in [0.15, 0.2) is 18.2 Å². The first-order chi connectivity index (χ1) is 8.81. The topological polar surface area (TPSA) is 59.3 Å². The van der Waals surface area contributed by atoms with Gasteiger partial charge in [0.05, 0.1) is 18.6 Å². The molecule has 0 N–H and O–H groups in total. The smallest absolute Gasteiger partial charge is 0.309 e. The molecule has 19 heavy (non-hydrogen) atoms. The Kier molecular flexibility index (Phi) is 5.20. The number of nitriles is 1. The second-order valence-electron chi connectivity index (χ2n) is 4.94. The summed E-state index contributed by atoms with van der Waals surface area (Å²) in [6.45, 7) is 5.55. The van der Waals surface area contributed by atoms with E-state index in [0.29, 0.717) is 16.3 Å². The van der Waals surface area contributed by atoms with E-state index in [4.69, 9.17) is 26.3 Å². The van der Waals surface area contributed by atoms with E-state index in [-0.39, 0.29) is 19.0 Å². The van der Waals surface area contributed by atoms with Gasteiger partial charge in [0.2, 0.25) is 0 Å². The van der Waals surface area contributed by atoms with Gasteiger partial charge < -0.3 is 9.47 Å². The van der Waals surface area contributed by atoms with E-state index >= 15 is 0 Å². The molecule has 102 valence electrons. The number of ether oxygens (including phenoxy) is 2. The Labute approximate surface area is 117 Å². The highest BCUT2D eigenvalue weighted by atomic mass is 35.5. The van der Waals surface area contributed by atoms with Crippen LogP contribution in [0, 0.1) is 11.3 Å². The van der Waals surface area contributed by atoms with Crippen molar-refractivity contribution >= 4 is 17.6 Å². The third-order valence-corrected chi connectivity index (χ3v) is 2.28. The lowest BCUT2D eigenvalue weighted by Gasteiger charge is -2.19. The average molecular weight is 282 g/mol. The molecule has 0 aliphatic carbocycles. The molecule has 5 heteroatoms. The van der Waals surface area contributed by atoms with Gasteiger partial charge in [-0.1, -0.05) is 11.6 Å². The van der Waals surface area contributed by atoms with Crippen molar-refractivity contribution in [2.24, 2.45) is 0 Å². The maximum absolute atomic E-state index is 11.5. The molecular formula is C14H16ClNO3. The number of hydrogen-bond donors (Lipinski definition) is 0. The van der Waals surface area contributed by atoms with Gasteiger partial charge in [-0.3, -0.25) is 4.79 Å². The van der Waals surface area contributed by atoms with Crippen molar-refractivity contribution in [2.45, 2.75) is 32.8 Å². The minimum absolute atomic E-state index is 0.120. The molecule has 0 unspecified atom stereocenters. The van der Waals surface area contributed by atoms with Crippen LogP contribution in [-0.2, 0) is 9.53 Å². The summed E-state index contributed by atoms with van der Waals surface area (Å²) in [4.78, 5) is 11.5. The van der Waals surface area contributed by atoms with E-state index in [2.05, 4.69) is 0 Å². The summed E-state index contributed by atoms with van der Waals surface area (Å²) < 4.78 is 10.5. The van der Waals surface area contributed by atoms with Crippen molar-refractivity contribution < 1.29 is 14.3 Å². The molecule has 1 aromatic carbocycles. The maximum atomic E-state index is 11.5. The molecule has 0 fully saturated rings. The molecular weight excluding hydrogens is 266 g/mol. The minimum atomic E-state index is -0.509. The molecule has 0 spiro atoms. The van der Waals surface area contributed by atoms with Crippen molar-refractivity contribution in [1.29, 1.82) is 5.26 Å². The SMILES string of the molecule is CC(C)(C)OC(=O)CCOc1cc(Cl)ccc1C#N. The first-order valence-corrected chi connectivity index (χ1v) is 6.24. The number of esters is 1. The molecule has 0 radical (unpaired) electrons. The van der Waals surface area contributed by atoms with Crippen LogP contribution in [0.4, 0.5) is 0 Å². The third-order valence-electron chi connectivity index (χ3n) is 2.05. The predicted octanol–water partition coefficient (Wildman–Crippen LogP) is 3.32. The Balaban J connectivity index is 2.52. The zero-order valence-electron chi connectivity index (χ0n) is 11.2. The Morgan fingerprint density at radius 1 is 1.42 bits per heavy atom. The van der Waals surface area contributed by atoms with Crippen molar-refractivity contribution in [1.82, 2.24) is 0 Å². The standard InChI is InChI=1S/C14H16ClNO3/c1-14(2,3)19-13(17)6-7-18-12-8-11(15)5-4-10(12)9-16/h4-5,8H,6-7H2,1-3H3. The van der Waals surface area contributed by atoms with E-state index in [1.54, 1.807) is 39.0 Å². The predicted molar refractivity (Wildman–Crippen MR) is 72.1 cm³/mol. The summed E-state index contributed by atoms with van der Waals surface area (Å²) in [5, 5.41) is 9.38. The first-order valence-electron chi connectivity index (χ1n) is 5.86. The van der Waals surface area contributed by atoms with Crippen LogP contribution >= 0.6 is 11.6 Å². The number of rotatable bonds is 4. The molecule has 1 aromatic rings. The molecule has 0 amide bonds. The van der Waals surface area contributed by atoms with Gasteiger partial charge in [0.25, 0.3) is 0 Å². The Morgan fingerprint density at radius 2 is 2.11 bits per heavy atom. The van der Waals surface area contributed by atoms with Crippen LogP contribution in [0.1, 0.15) is 32.8 Å². The highest BCUT2D eigenvalue weighted by Gasteiger charge is 2.16. The normalized spacial score (nSPS) is 10.7. The third kappa shape index (κ3) is 5.62. The van der Waals surface area contributed by atoms with Crippen LogP contribution in [-0.4, -0.2) is 18.2 Å². The molecule has 0 atom stereocenters. The van der Waals surface area contributed by atoms with Crippen molar-refractivity contribution in [2.75, 3.05) is 6.61 Å². The molecule has 0 aliphatic rings. The monoisotopic (exact) mass is 281 g/mol. The summed E-state index contributed by atoms with van der Waals surface area (Å²) in [5.74, 6) is 0.0339. The highest BCUT2D eigenvalue weighted by molar-refractivity contribution is 6.30. The number of hydrogen-bond acceptors (Lipinski definition) is 4. The van der Waals surface area contributed by atoms with Gasteiger partial charge in [0.1, 0.15) is 17.4 Å². The first kappa shape index (κ1) is 15.3.